The Bertz CT molecular complexity index is 998. The fraction of sp³-hybridized carbons (Fsp3) is 0.261. The highest BCUT2D eigenvalue weighted by molar-refractivity contribution is 7.09. The zero-order chi connectivity index (χ0) is 20.2. The monoisotopic (exact) mass is 405 g/mol. The van der Waals surface area contributed by atoms with Gasteiger partial charge in [-0.1, -0.05) is 49.4 Å². The number of nitrogens with zero attached hydrogens (tertiary/aromatic N) is 2. The molecule has 0 radical (unpaired) electrons. The number of amides is 2. The van der Waals surface area contributed by atoms with Gasteiger partial charge in [-0.25, -0.2) is 4.98 Å². The van der Waals surface area contributed by atoms with Gasteiger partial charge in [0.25, 0.3) is 0 Å². The van der Waals surface area contributed by atoms with E-state index in [9.17, 15) is 9.59 Å². The van der Waals surface area contributed by atoms with Crippen molar-refractivity contribution in [3.8, 4) is 11.3 Å². The maximum atomic E-state index is 12.6. The first-order valence-corrected chi connectivity index (χ1v) is 10.7. The molecular formula is C23H23N3O2S. The molecule has 0 spiro atoms. The van der Waals surface area contributed by atoms with E-state index in [0.29, 0.717) is 13.1 Å². The zero-order valence-electron chi connectivity index (χ0n) is 16.3. The van der Waals surface area contributed by atoms with E-state index in [1.165, 1.54) is 16.9 Å². The van der Waals surface area contributed by atoms with E-state index in [4.69, 9.17) is 0 Å². The van der Waals surface area contributed by atoms with Crippen molar-refractivity contribution in [3.05, 3.63) is 70.5 Å². The zero-order valence-corrected chi connectivity index (χ0v) is 17.1. The number of anilines is 1. The number of aromatic nitrogens is 1. The number of carbonyl (C=O) groups is 2. The van der Waals surface area contributed by atoms with Crippen LogP contribution in [0.2, 0.25) is 0 Å². The normalized spacial score (nSPS) is 16.2. The van der Waals surface area contributed by atoms with Crippen LogP contribution in [0, 0.1) is 5.92 Å². The summed E-state index contributed by atoms with van der Waals surface area (Å²) in [4.78, 5) is 31.3. The van der Waals surface area contributed by atoms with E-state index >= 15 is 0 Å². The van der Waals surface area contributed by atoms with Crippen molar-refractivity contribution in [1.29, 1.82) is 0 Å². The first kappa shape index (κ1) is 19.3. The molecule has 4 rings (SSSR count). The van der Waals surface area contributed by atoms with Crippen molar-refractivity contribution in [1.82, 2.24) is 10.3 Å². The van der Waals surface area contributed by atoms with Gasteiger partial charge in [-0.3, -0.25) is 9.59 Å². The van der Waals surface area contributed by atoms with E-state index in [1.54, 1.807) is 4.90 Å². The van der Waals surface area contributed by atoms with E-state index in [2.05, 4.69) is 17.2 Å². The molecule has 1 fully saturated rings. The molecule has 6 heteroatoms. The van der Waals surface area contributed by atoms with Crippen molar-refractivity contribution < 1.29 is 9.59 Å². The lowest BCUT2D eigenvalue weighted by molar-refractivity contribution is -0.126. The fourth-order valence-corrected chi connectivity index (χ4v) is 4.23. The summed E-state index contributed by atoms with van der Waals surface area (Å²) in [6.45, 7) is 2.90. The van der Waals surface area contributed by atoms with Crippen LogP contribution in [0.5, 0.6) is 0 Å². The van der Waals surface area contributed by atoms with Gasteiger partial charge in [0, 0.05) is 29.6 Å². The number of nitrogens with one attached hydrogen (secondary N) is 1. The van der Waals surface area contributed by atoms with E-state index in [0.717, 1.165) is 28.4 Å². The van der Waals surface area contributed by atoms with Gasteiger partial charge in [0.15, 0.2) is 0 Å². The van der Waals surface area contributed by atoms with Crippen LogP contribution in [-0.4, -0.2) is 23.3 Å². The van der Waals surface area contributed by atoms with Crippen LogP contribution in [-0.2, 0) is 22.6 Å². The average Bonchev–Trinajstić information content (AvgIpc) is 3.40. The Labute approximate surface area is 174 Å². The summed E-state index contributed by atoms with van der Waals surface area (Å²) in [5.74, 6) is -0.431. The minimum atomic E-state index is -0.332. The molecule has 5 nitrogen and oxygen atoms in total. The summed E-state index contributed by atoms with van der Waals surface area (Å²) in [6.07, 6.45) is 1.20. The quantitative estimate of drug-likeness (QED) is 0.673. The molecule has 1 aliphatic heterocycles. The van der Waals surface area contributed by atoms with Gasteiger partial charge in [-0.05, 0) is 24.1 Å². The van der Waals surface area contributed by atoms with Crippen LogP contribution in [0.25, 0.3) is 11.3 Å². The van der Waals surface area contributed by atoms with Crippen molar-refractivity contribution in [2.45, 2.75) is 26.3 Å². The number of hydrogen-bond acceptors (Lipinski definition) is 4. The average molecular weight is 406 g/mol. The molecule has 1 N–H and O–H groups in total. The summed E-state index contributed by atoms with van der Waals surface area (Å²) in [7, 11) is 0. The topological polar surface area (TPSA) is 62.3 Å². The number of thiazole rings is 1. The largest absolute Gasteiger partial charge is 0.349 e. The Morgan fingerprint density at radius 3 is 2.66 bits per heavy atom. The van der Waals surface area contributed by atoms with Gasteiger partial charge < -0.3 is 10.2 Å². The maximum Gasteiger partial charge on any atom is 0.227 e. The van der Waals surface area contributed by atoms with Crippen LogP contribution in [0.3, 0.4) is 0 Å². The van der Waals surface area contributed by atoms with Crippen molar-refractivity contribution >= 4 is 28.8 Å². The molecule has 0 aliphatic carbocycles. The number of benzene rings is 2. The molecule has 3 aromatic rings. The fourth-order valence-electron chi connectivity index (χ4n) is 3.48. The summed E-state index contributed by atoms with van der Waals surface area (Å²) in [5.41, 5.74) is 4.06. The molecule has 1 unspecified atom stereocenters. The van der Waals surface area contributed by atoms with Gasteiger partial charge in [-0.15, -0.1) is 11.3 Å². The third-order valence-electron chi connectivity index (χ3n) is 5.19. The van der Waals surface area contributed by atoms with Crippen molar-refractivity contribution in [2.24, 2.45) is 5.92 Å². The van der Waals surface area contributed by atoms with Crippen LogP contribution in [0.4, 0.5) is 5.69 Å². The van der Waals surface area contributed by atoms with E-state index < -0.39 is 0 Å². The van der Waals surface area contributed by atoms with Gasteiger partial charge in [-0.2, -0.15) is 0 Å². The minimum Gasteiger partial charge on any atom is -0.349 e. The van der Waals surface area contributed by atoms with Gasteiger partial charge in [0.1, 0.15) is 5.01 Å². The number of hydrogen-bond donors (Lipinski definition) is 1. The second-order valence-corrected chi connectivity index (χ2v) is 8.08. The molecule has 1 saturated heterocycles. The standard InChI is InChI=1S/C23H23N3O2S/c1-2-16-8-10-19(11-9-16)26-14-18(12-22(26)27)23(28)24-13-21-25-20(15-29-21)17-6-4-3-5-7-17/h3-11,15,18H,2,12-14H2,1H3,(H,24,28). The SMILES string of the molecule is CCc1ccc(N2CC(C(=O)NCc3nc(-c4ccccc4)cs3)CC2=O)cc1. The van der Waals surface area contributed by atoms with Crippen LogP contribution >= 0.6 is 11.3 Å². The van der Waals surface area contributed by atoms with Crippen LogP contribution < -0.4 is 10.2 Å². The maximum absolute atomic E-state index is 12.6. The molecule has 148 valence electrons. The lowest BCUT2D eigenvalue weighted by Crippen LogP contribution is -2.32. The number of carbonyl (C=O) groups excluding carboxylic acids is 2. The Morgan fingerprint density at radius 2 is 1.93 bits per heavy atom. The summed E-state index contributed by atoms with van der Waals surface area (Å²) in [6, 6.07) is 17.9. The van der Waals surface area contributed by atoms with Gasteiger partial charge in [0.05, 0.1) is 18.2 Å². The second-order valence-electron chi connectivity index (χ2n) is 7.14. The highest BCUT2D eigenvalue weighted by Gasteiger charge is 2.35. The second kappa shape index (κ2) is 8.57. The number of rotatable bonds is 6. The van der Waals surface area contributed by atoms with Crippen LogP contribution in [0.1, 0.15) is 23.9 Å². The smallest absolute Gasteiger partial charge is 0.227 e. The van der Waals surface area contributed by atoms with Crippen LogP contribution in [0.15, 0.2) is 60.0 Å². The Morgan fingerprint density at radius 1 is 1.17 bits per heavy atom. The first-order valence-electron chi connectivity index (χ1n) is 9.81. The highest BCUT2D eigenvalue weighted by atomic mass is 32.1. The first-order chi connectivity index (χ1) is 14.1. The molecule has 0 saturated carbocycles. The third kappa shape index (κ3) is 4.38. The van der Waals surface area contributed by atoms with Crippen molar-refractivity contribution in [3.63, 3.8) is 0 Å². The lowest BCUT2D eigenvalue weighted by atomic mass is 10.1. The predicted molar refractivity (Wildman–Crippen MR) is 116 cm³/mol. The molecule has 1 aromatic heterocycles. The summed E-state index contributed by atoms with van der Waals surface area (Å²) in [5, 5.41) is 5.80. The van der Waals surface area contributed by atoms with E-state index in [1.807, 2.05) is 60.0 Å². The lowest BCUT2D eigenvalue weighted by Gasteiger charge is -2.17. The Kier molecular flexibility index (Phi) is 5.71. The summed E-state index contributed by atoms with van der Waals surface area (Å²) < 4.78 is 0. The molecule has 1 atom stereocenters. The summed E-state index contributed by atoms with van der Waals surface area (Å²) >= 11 is 1.53. The highest BCUT2D eigenvalue weighted by Crippen LogP contribution is 2.26. The third-order valence-corrected chi connectivity index (χ3v) is 6.04. The number of aryl methyl sites for hydroxylation is 1. The predicted octanol–water partition coefficient (Wildman–Crippen LogP) is 4.04. The van der Waals surface area contributed by atoms with Gasteiger partial charge in [0.2, 0.25) is 11.8 Å². The Balaban J connectivity index is 1.34. The Hall–Kier alpha value is -2.99. The molecule has 29 heavy (non-hydrogen) atoms. The van der Waals surface area contributed by atoms with E-state index in [-0.39, 0.29) is 24.2 Å². The minimum absolute atomic E-state index is 0.00462. The molecule has 2 amide bonds. The molecule has 2 heterocycles. The van der Waals surface area contributed by atoms with Crippen molar-refractivity contribution in [2.75, 3.05) is 11.4 Å². The molecule has 2 aromatic carbocycles. The van der Waals surface area contributed by atoms with Gasteiger partial charge >= 0.3 is 0 Å². The molecule has 1 aliphatic rings. The molecular weight excluding hydrogens is 382 g/mol. The molecule has 0 bridgehead atoms.